The van der Waals surface area contributed by atoms with Crippen LogP contribution in [0.15, 0.2) is 24.3 Å². The maximum atomic E-state index is 6.42. The molecule has 1 aromatic heterocycles. The number of benzene rings is 1. The second-order valence-corrected chi connectivity index (χ2v) is 5.85. The van der Waals surface area contributed by atoms with Crippen molar-refractivity contribution in [3.05, 3.63) is 35.5 Å². The first-order chi connectivity index (χ1) is 8.17. The Kier molecular flexibility index (Phi) is 1.68. The molecule has 0 unspecified atom stereocenters. The topological polar surface area (TPSA) is 30.9 Å². The highest BCUT2D eigenvalue weighted by Crippen LogP contribution is 2.49. The Bertz CT molecular complexity index is 601. The summed E-state index contributed by atoms with van der Waals surface area (Å²) >= 11 is 0. The first-order valence-electron chi connectivity index (χ1n) is 6.58. The Morgan fingerprint density at radius 3 is 2.65 bits per heavy atom. The zero-order chi connectivity index (χ0) is 11.6. The average Bonchev–Trinajstić information content (AvgIpc) is 3.20. The highest BCUT2D eigenvalue weighted by molar-refractivity contribution is 5.83. The number of fused-ring (bicyclic) bond motifs is 1. The van der Waals surface area contributed by atoms with Crippen LogP contribution in [0.1, 0.15) is 43.0 Å². The van der Waals surface area contributed by atoms with Crippen LogP contribution in [0.4, 0.5) is 0 Å². The van der Waals surface area contributed by atoms with Gasteiger partial charge in [-0.1, -0.05) is 11.6 Å². The van der Waals surface area contributed by atoms with Gasteiger partial charge >= 0.3 is 0 Å². The minimum absolute atomic E-state index is 0.0183. The Morgan fingerprint density at radius 1 is 1.24 bits per heavy atom. The Hall–Kier alpha value is -1.28. The van der Waals surface area contributed by atoms with Gasteiger partial charge in [-0.25, -0.2) is 0 Å². The monoisotopic (exact) mass is 226 g/mol. The minimum atomic E-state index is -0.0183. The highest BCUT2D eigenvalue weighted by atomic mass is 15.1. The van der Waals surface area contributed by atoms with Gasteiger partial charge < -0.3 is 10.3 Å². The van der Waals surface area contributed by atoms with Gasteiger partial charge in [-0.15, -0.1) is 0 Å². The van der Waals surface area contributed by atoms with Gasteiger partial charge in [0.1, 0.15) is 0 Å². The van der Waals surface area contributed by atoms with Crippen LogP contribution in [0.3, 0.4) is 0 Å². The molecule has 2 heteroatoms. The Morgan fingerprint density at radius 2 is 2.00 bits per heavy atom. The molecule has 1 heterocycles. The van der Waals surface area contributed by atoms with E-state index < -0.39 is 0 Å². The van der Waals surface area contributed by atoms with Crippen molar-refractivity contribution in [2.24, 2.45) is 5.73 Å². The fourth-order valence-electron chi connectivity index (χ4n) is 2.86. The highest BCUT2D eigenvalue weighted by Gasteiger charge is 2.44. The van der Waals surface area contributed by atoms with Crippen molar-refractivity contribution in [3.63, 3.8) is 0 Å². The normalized spacial score (nSPS) is 22.0. The van der Waals surface area contributed by atoms with E-state index in [0.29, 0.717) is 6.04 Å². The number of nitrogens with zero attached hydrogens (tertiary/aromatic N) is 1. The molecule has 17 heavy (non-hydrogen) atoms. The van der Waals surface area contributed by atoms with Crippen molar-refractivity contribution < 1.29 is 0 Å². The van der Waals surface area contributed by atoms with Crippen molar-refractivity contribution >= 4 is 10.9 Å². The van der Waals surface area contributed by atoms with Gasteiger partial charge in [0.15, 0.2) is 0 Å². The summed E-state index contributed by atoms with van der Waals surface area (Å²) in [6.45, 7) is 2.16. The fraction of sp³-hybridized carbons (Fsp3) is 0.467. The van der Waals surface area contributed by atoms with Gasteiger partial charge in [0.25, 0.3) is 0 Å². The lowest BCUT2D eigenvalue weighted by molar-refractivity contribution is 0.622. The first kappa shape index (κ1) is 9.72. The molecule has 0 aliphatic heterocycles. The molecular formula is C15H18N2. The molecule has 0 amide bonds. The van der Waals surface area contributed by atoms with Crippen molar-refractivity contribution in [3.8, 4) is 0 Å². The lowest BCUT2D eigenvalue weighted by atomic mass is 10.1. The molecule has 2 aliphatic rings. The maximum absolute atomic E-state index is 6.42. The van der Waals surface area contributed by atoms with E-state index in [1.54, 1.807) is 0 Å². The molecule has 0 radical (unpaired) electrons. The molecule has 1 aromatic carbocycles. The number of aryl methyl sites for hydroxylation is 1. The molecule has 2 nitrogen and oxygen atoms in total. The van der Waals surface area contributed by atoms with Crippen LogP contribution in [0.5, 0.6) is 0 Å². The van der Waals surface area contributed by atoms with Crippen molar-refractivity contribution in [2.75, 3.05) is 0 Å². The number of hydrogen-bond acceptors (Lipinski definition) is 1. The van der Waals surface area contributed by atoms with Crippen LogP contribution in [0, 0.1) is 6.92 Å². The summed E-state index contributed by atoms with van der Waals surface area (Å²) in [4.78, 5) is 0. The van der Waals surface area contributed by atoms with Crippen molar-refractivity contribution in [1.82, 2.24) is 4.57 Å². The Labute approximate surface area is 101 Å². The number of hydrogen-bond donors (Lipinski definition) is 1. The molecular weight excluding hydrogens is 208 g/mol. The molecule has 2 N–H and O–H groups in total. The van der Waals surface area contributed by atoms with E-state index >= 15 is 0 Å². The fourth-order valence-corrected chi connectivity index (χ4v) is 2.86. The number of aromatic nitrogens is 1. The summed E-state index contributed by atoms with van der Waals surface area (Å²) < 4.78 is 2.52. The van der Waals surface area contributed by atoms with Crippen LogP contribution >= 0.6 is 0 Å². The predicted octanol–water partition coefficient (Wildman–Crippen LogP) is 3.23. The van der Waals surface area contributed by atoms with Gasteiger partial charge in [-0.2, -0.15) is 0 Å². The molecule has 0 bridgehead atoms. The van der Waals surface area contributed by atoms with Crippen LogP contribution in [0.2, 0.25) is 0 Å². The lowest BCUT2D eigenvalue weighted by Crippen LogP contribution is -2.22. The summed E-state index contributed by atoms with van der Waals surface area (Å²) in [7, 11) is 0. The van der Waals surface area contributed by atoms with E-state index in [9.17, 15) is 0 Å². The number of rotatable bonds is 2. The third-order valence-electron chi connectivity index (χ3n) is 4.21. The van der Waals surface area contributed by atoms with Crippen LogP contribution < -0.4 is 5.73 Å². The van der Waals surface area contributed by atoms with Crippen molar-refractivity contribution in [2.45, 2.75) is 44.2 Å². The SMILES string of the molecule is Cc1ccc2c(c1)cc(C1(N)CC1)n2C1CC1. The Balaban J connectivity index is 2.01. The molecule has 4 rings (SSSR count). The third-order valence-corrected chi connectivity index (χ3v) is 4.21. The van der Waals surface area contributed by atoms with Gasteiger partial charge in [-0.05, 0) is 50.8 Å². The average molecular weight is 226 g/mol. The molecule has 2 aromatic rings. The predicted molar refractivity (Wildman–Crippen MR) is 70.0 cm³/mol. The standard InChI is InChI=1S/C15H18N2/c1-10-2-5-13-11(8-10)9-14(15(16)6-7-15)17(13)12-3-4-12/h2,5,8-9,12H,3-4,6-7,16H2,1H3. The second kappa shape index (κ2) is 2.94. The molecule has 0 spiro atoms. The first-order valence-corrected chi connectivity index (χ1v) is 6.58. The molecule has 2 saturated carbocycles. The van der Waals surface area contributed by atoms with Gasteiger partial charge in [0, 0.05) is 22.6 Å². The van der Waals surface area contributed by atoms with Gasteiger partial charge in [0.2, 0.25) is 0 Å². The lowest BCUT2D eigenvalue weighted by Gasteiger charge is -2.14. The zero-order valence-electron chi connectivity index (χ0n) is 10.2. The van der Waals surface area contributed by atoms with Crippen LogP contribution in [-0.2, 0) is 5.54 Å². The summed E-state index contributed by atoms with van der Waals surface area (Å²) in [5.74, 6) is 0. The third kappa shape index (κ3) is 1.37. The van der Waals surface area contributed by atoms with Crippen LogP contribution in [0.25, 0.3) is 10.9 Å². The molecule has 0 atom stereocenters. The van der Waals surface area contributed by atoms with Gasteiger partial charge in [0.05, 0.1) is 5.54 Å². The van der Waals surface area contributed by atoms with E-state index in [2.05, 4.69) is 35.8 Å². The van der Waals surface area contributed by atoms with E-state index in [1.807, 2.05) is 0 Å². The van der Waals surface area contributed by atoms with Gasteiger partial charge in [-0.3, -0.25) is 0 Å². The summed E-state index contributed by atoms with van der Waals surface area (Å²) in [6.07, 6.45) is 4.94. The summed E-state index contributed by atoms with van der Waals surface area (Å²) in [6, 6.07) is 9.79. The molecule has 2 aliphatic carbocycles. The number of nitrogens with two attached hydrogens (primary N) is 1. The summed E-state index contributed by atoms with van der Waals surface area (Å²) in [5.41, 5.74) is 10.5. The largest absolute Gasteiger partial charge is 0.340 e. The van der Waals surface area contributed by atoms with Crippen molar-refractivity contribution in [1.29, 1.82) is 0 Å². The smallest absolute Gasteiger partial charge is 0.0565 e. The molecule has 88 valence electrons. The van der Waals surface area contributed by atoms with E-state index in [-0.39, 0.29) is 5.54 Å². The zero-order valence-corrected chi connectivity index (χ0v) is 10.2. The second-order valence-electron chi connectivity index (χ2n) is 5.85. The molecule has 0 saturated heterocycles. The van der Waals surface area contributed by atoms with E-state index in [0.717, 1.165) is 12.8 Å². The summed E-state index contributed by atoms with van der Waals surface area (Å²) in [5, 5.41) is 1.36. The van der Waals surface area contributed by atoms with E-state index in [4.69, 9.17) is 5.73 Å². The molecule has 2 fully saturated rings. The van der Waals surface area contributed by atoms with Crippen LogP contribution in [-0.4, -0.2) is 4.57 Å². The quantitative estimate of drug-likeness (QED) is 0.837. The van der Waals surface area contributed by atoms with E-state index in [1.165, 1.54) is 35.0 Å². The maximum Gasteiger partial charge on any atom is 0.0565 e. The minimum Gasteiger partial charge on any atom is -0.340 e.